The number of nitrogens with one attached hydrogen (secondary N) is 2. The minimum atomic E-state index is -0.833. The molecule has 0 saturated heterocycles. The number of carbonyl (C=O) groups excluding carboxylic acids is 1. The average Bonchev–Trinajstić information content (AvgIpc) is 2.42. The second-order valence-corrected chi connectivity index (χ2v) is 4.94. The third-order valence-corrected chi connectivity index (χ3v) is 3.11. The van der Waals surface area contributed by atoms with Crippen LogP contribution in [0.3, 0.4) is 0 Å². The minimum Gasteiger partial charge on any atom is -0.331 e. The highest BCUT2D eigenvalue weighted by Gasteiger charge is 2.12. The lowest BCUT2D eigenvalue weighted by molar-refractivity contribution is 0.249. The van der Waals surface area contributed by atoms with Gasteiger partial charge in [-0.15, -0.1) is 0 Å². The molecule has 0 saturated carbocycles. The van der Waals surface area contributed by atoms with Crippen molar-refractivity contribution in [3.05, 3.63) is 64.7 Å². The first kappa shape index (κ1) is 15.3. The van der Waals surface area contributed by atoms with E-state index < -0.39 is 17.7 Å². The number of hydrogen-bond acceptors (Lipinski definition) is 1. The molecule has 1 atom stereocenters. The fourth-order valence-electron chi connectivity index (χ4n) is 1.81. The van der Waals surface area contributed by atoms with E-state index >= 15 is 0 Å². The van der Waals surface area contributed by atoms with E-state index in [0.717, 1.165) is 17.7 Å². The predicted octanol–water partition coefficient (Wildman–Crippen LogP) is 4.50. The Kier molecular flexibility index (Phi) is 4.75. The summed E-state index contributed by atoms with van der Waals surface area (Å²) in [6.07, 6.45) is 0. The number of amides is 2. The maximum absolute atomic E-state index is 13.4. The van der Waals surface area contributed by atoms with Gasteiger partial charge in [0, 0.05) is 11.1 Å². The largest absolute Gasteiger partial charge is 0.331 e. The van der Waals surface area contributed by atoms with Crippen LogP contribution in [0.4, 0.5) is 19.3 Å². The van der Waals surface area contributed by atoms with Gasteiger partial charge in [-0.25, -0.2) is 13.6 Å². The number of carbonyl (C=O) groups is 1. The van der Waals surface area contributed by atoms with Crippen LogP contribution in [0.5, 0.6) is 0 Å². The molecule has 0 aliphatic carbocycles. The Balaban J connectivity index is 2.01. The Hall–Kier alpha value is -2.14. The summed E-state index contributed by atoms with van der Waals surface area (Å²) in [6, 6.07) is 9.07. The first-order chi connectivity index (χ1) is 9.95. The lowest BCUT2D eigenvalue weighted by Crippen LogP contribution is -2.31. The van der Waals surface area contributed by atoms with Crippen molar-refractivity contribution in [1.82, 2.24) is 5.32 Å². The molecule has 21 heavy (non-hydrogen) atoms. The standard InChI is InChI=1S/C15H13ClF2N2O/c1-9(10-3-2-4-11(16)7-10)19-15(21)20-14-6-5-12(17)8-13(14)18/h2-9H,1H3,(H2,19,20,21). The number of hydrogen-bond donors (Lipinski definition) is 2. The molecule has 2 rings (SSSR count). The van der Waals surface area contributed by atoms with Crippen LogP contribution in [0.2, 0.25) is 5.02 Å². The number of benzene rings is 2. The summed E-state index contributed by atoms with van der Waals surface area (Å²) in [5, 5.41) is 5.53. The average molecular weight is 311 g/mol. The van der Waals surface area contributed by atoms with E-state index in [4.69, 9.17) is 11.6 Å². The fourth-order valence-corrected chi connectivity index (χ4v) is 2.00. The zero-order chi connectivity index (χ0) is 15.4. The fraction of sp³-hybridized carbons (Fsp3) is 0.133. The van der Waals surface area contributed by atoms with Gasteiger partial charge in [-0.05, 0) is 36.8 Å². The van der Waals surface area contributed by atoms with Crippen LogP contribution < -0.4 is 10.6 Å². The molecule has 0 heterocycles. The Labute approximate surface area is 125 Å². The van der Waals surface area contributed by atoms with E-state index in [2.05, 4.69) is 10.6 Å². The van der Waals surface area contributed by atoms with Crippen molar-refractivity contribution in [2.45, 2.75) is 13.0 Å². The van der Waals surface area contributed by atoms with Crippen molar-refractivity contribution >= 4 is 23.3 Å². The molecule has 2 amide bonds. The second-order valence-electron chi connectivity index (χ2n) is 4.50. The molecular formula is C15H13ClF2N2O. The van der Waals surface area contributed by atoms with Gasteiger partial charge >= 0.3 is 6.03 Å². The number of halogens is 3. The van der Waals surface area contributed by atoms with Gasteiger partial charge in [-0.2, -0.15) is 0 Å². The SMILES string of the molecule is CC(NC(=O)Nc1ccc(F)cc1F)c1cccc(Cl)c1. The van der Waals surface area contributed by atoms with Gasteiger partial charge in [-0.1, -0.05) is 23.7 Å². The summed E-state index contributed by atoms with van der Waals surface area (Å²) >= 11 is 5.88. The Morgan fingerprint density at radius 3 is 2.62 bits per heavy atom. The maximum Gasteiger partial charge on any atom is 0.319 e. The van der Waals surface area contributed by atoms with Crippen molar-refractivity contribution in [2.24, 2.45) is 0 Å². The molecule has 0 bridgehead atoms. The van der Waals surface area contributed by atoms with Gasteiger partial charge in [0.2, 0.25) is 0 Å². The summed E-state index contributed by atoms with van der Waals surface area (Å²) in [7, 11) is 0. The van der Waals surface area contributed by atoms with Crippen LogP contribution in [0, 0.1) is 11.6 Å². The summed E-state index contributed by atoms with van der Waals surface area (Å²) in [5.41, 5.74) is 0.726. The van der Waals surface area contributed by atoms with E-state index in [1.165, 1.54) is 0 Å². The van der Waals surface area contributed by atoms with Crippen molar-refractivity contribution < 1.29 is 13.6 Å². The summed E-state index contributed by atoms with van der Waals surface area (Å²) in [4.78, 5) is 11.8. The minimum absolute atomic E-state index is 0.0906. The van der Waals surface area contributed by atoms with Gasteiger partial charge < -0.3 is 10.6 Å². The molecule has 0 aromatic heterocycles. The summed E-state index contributed by atoms with van der Waals surface area (Å²) in [5.74, 6) is -1.54. The van der Waals surface area contributed by atoms with Crippen LogP contribution in [0.15, 0.2) is 42.5 Å². The van der Waals surface area contributed by atoms with Crippen molar-refractivity contribution in [3.63, 3.8) is 0 Å². The first-order valence-electron chi connectivity index (χ1n) is 6.24. The van der Waals surface area contributed by atoms with Crippen molar-refractivity contribution in [1.29, 1.82) is 0 Å². The molecule has 0 fully saturated rings. The topological polar surface area (TPSA) is 41.1 Å². The van der Waals surface area contributed by atoms with Crippen LogP contribution in [-0.4, -0.2) is 6.03 Å². The van der Waals surface area contributed by atoms with E-state index in [9.17, 15) is 13.6 Å². The molecule has 6 heteroatoms. The molecule has 0 spiro atoms. The van der Waals surface area contributed by atoms with Crippen molar-refractivity contribution in [2.75, 3.05) is 5.32 Å². The van der Waals surface area contributed by atoms with Crippen molar-refractivity contribution in [3.8, 4) is 0 Å². The molecule has 3 nitrogen and oxygen atoms in total. The van der Waals surface area contributed by atoms with Gasteiger partial charge in [0.1, 0.15) is 11.6 Å². The number of anilines is 1. The van der Waals surface area contributed by atoms with Gasteiger partial charge in [-0.3, -0.25) is 0 Å². The molecule has 1 unspecified atom stereocenters. The third-order valence-electron chi connectivity index (χ3n) is 2.88. The zero-order valence-electron chi connectivity index (χ0n) is 11.2. The smallest absolute Gasteiger partial charge is 0.319 e. The maximum atomic E-state index is 13.4. The highest BCUT2D eigenvalue weighted by atomic mass is 35.5. The van der Waals surface area contributed by atoms with Crippen LogP contribution in [0.1, 0.15) is 18.5 Å². The Morgan fingerprint density at radius 2 is 1.95 bits per heavy atom. The van der Waals surface area contributed by atoms with E-state index in [1.54, 1.807) is 25.1 Å². The predicted molar refractivity (Wildman–Crippen MR) is 78.4 cm³/mol. The second kappa shape index (κ2) is 6.54. The highest BCUT2D eigenvalue weighted by molar-refractivity contribution is 6.30. The summed E-state index contributed by atoms with van der Waals surface area (Å²) in [6.45, 7) is 1.77. The van der Waals surface area contributed by atoms with Gasteiger partial charge in [0.15, 0.2) is 0 Å². The summed E-state index contributed by atoms with van der Waals surface area (Å²) < 4.78 is 26.2. The monoisotopic (exact) mass is 310 g/mol. The highest BCUT2D eigenvalue weighted by Crippen LogP contribution is 2.18. The normalized spacial score (nSPS) is 11.8. The zero-order valence-corrected chi connectivity index (χ0v) is 11.9. The van der Waals surface area contributed by atoms with Crippen LogP contribution in [0.25, 0.3) is 0 Å². The molecule has 110 valence electrons. The van der Waals surface area contributed by atoms with Gasteiger partial charge in [0.05, 0.1) is 11.7 Å². The molecular weight excluding hydrogens is 298 g/mol. The molecule has 0 radical (unpaired) electrons. The van der Waals surface area contributed by atoms with Crippen LogP contribution in [-0.2, 0) is 0 Å². The lowest BCUT2D eigenvalue weighted by atomic mass is 10.1. The molecule has 2 N–H and O–H groups in total. The number of urea groups is 1. The van der Waals surface area contributed by atoms with E-state index in [1.807, 2.05) is 6.07 Å². The quantitative estimate of drug-likeness (QED) is 0.861. The van der Waals surface area contributed by atoms with E-state index in [0.29, 0.717) is 11.1 Å². The molecule has 0 aliphatic rings. The molecule has 2 aromatic rings. The third kappa shape index (κ3) is 4.16. The lowest BCUT2D eigenvalue weighted by Gasteiger charge is -2.15. The molecule has 0 aliphatic heterocycles. The van der Waals surface area contributed by atoms with E-state index in [-0.39, 0.29) is 11.7 Å². The van der Waals surface area contributed by atoms with Gasteiger partial charge in [0.25, 0.3) is 0 Å². The first-order valence-corrected chi connectivity index (χ1v) is 6.61. The Morgan fingerprint density at radius 1 is 1.19 bits per heavy atom. The Bertz CT molecular complexity index is 664. The van der Waals surface area contributed by atoms with Crippen LogP contribution >= 0.6 is 11.6 Å². The molecule has 2 aromatic carbocycles. The number of rotatable bonds is 3.